The number of carbonyl (C=O) groups is 1. The van der Waals surface area contributed by atoms with Crippen molar-refractivity contribution in [1.29, 1.82) is 0 Å². The predicted octanol–water partition coefficient (Wildman–Crippen LogP) is 3.25. The zero-order chi connectivity index (χ0) is 16.2. The van der Waals surface area contributed by atoms with Gasteiger partial charge in [-0.2, -0.15) is 4.98 Å². The molecule has 0 saturated carbocycles. The molecule has 1 unspecified atom stereocenters. The molecule has 0 aromatic carbocycles. The van der Waals surface area contributed by atoms with Crippen molar-refractivity contribution in [2.45, 2.75) is 37.9 Å². The Morgan fingerprint density at radius 1 is 1.43 bits per heavy atom. The van der Waals surface area contributed by atoms with Gasteiger partial charge in [-0.1, -0.05) is 25.6 Å². The van der Waals surface area contributed by atoms with E-state index in [1.54, 1.807) is 10.9 Å². The zero-order valence-electron chi connectivity index (χ0n) is 13.3. The Labute approximate surface area is 138 Å². The third kappa shape index (κ3) is 2.30. The topological polar surface area (TPSA) is 73.0 Å². The van der Waals surface area contributed by atoms with E-state index < -0.39 is 0 Å². The Hall–Kier alpha value is -2.02. The smallest absolute Gasteiger partial charge is 0.227 e. The van der Waals surface area contributed by atoms with E-state index in [0.717, 1.165) is 17.7 Å². The highest BCUT2D eigenvalue weighted by atomic mass is 32.2. The molecule has 3 heterocycles. The summed E-state index contributed by atoms with van der Waals surface area (Å²) in [5.41, 5.74) is 1.64. The Morgan fingerprint density at radius 2 is 2.26 bits per heavy atom. The average molecular weight is 330 g/mol. The molecule has 6 nitrogen and oxygen atoms in total. The molecular weight excluding hydrogens is 312 g/mol. The maximum absolute atomic E-state index is 12.8. The van der Waals surface area contributed by atoms with Crippen LogP contribution in [0.3, 0.4) is 0 Å². The molecule has 2 aliphatic rings. The standard InChI is InChI=1S/C16H18N4O2S/c1-16(2)7-9-12(10(21)8-16)13(11-5-4-6-22-11)20-14(17-9)18-15(19-20)23-3/h4-6,13H,7-8H2,1-3H3,(H,17,18,19). The number of allylic oxidation sites excluding steroid dienone is 2. The van der Waals surface area contributed by atoms with Crippen molar-refractivity contribution >= 4 is 23.5 Å². The van der Waals surface area contributed by atoms with E-state index in [1.165, 1.54) is 11.8 Å². The summed E-state index contributed by atoms with van der Waals surface area (Å²) in [6.45, 7) is 4.23. The van der Waals surface area contributed by atoms with Crippen LogP contribution in [0.1, 0.15) is 38.5 Å². The van der Waals surface area contributed by atoms with Gasteiger partial charge in [0.15, 0.2) is 5.78 Å². The SMILES string of the molecule is CSc1nc2n(n1)C(c1ccco1)C1=C(CC(C)(C)CC1=O)N2. The lowest BCUT2D eigenvalue weighted by Gasteiger charge is -2.37. The van der Waals surface area contributed by atoms with Crippen LogP contribution in [0.15, 0.2) is 39.2 Å². The first-order valence-corrected chi connectivity index (χ1v) is 8.78. The highest BCUT2D eigenvalue weighted by Crippen LogP contribution is 2.45. The number of fused-ring (bicyclic) bond motifs is 1. The Morgan fingerprint density at radius 3 is 2.96 bits per heavy atom. The van der Waals surface area contributed by atoms with Crippen molar-refractivity contribution in [3.05, 3.63) is 35.4 Å². The molecule has 0 amide bonds. The fraction of sp³-hybridized carbons (Fsp3) is 0.438. The summed E-state index contributed by atoms with van der Waals surface area (Å²) in [7, 11) is 0. The number of Topliss-reactive ketones (excluding diaryl/α,β-unsaturated/α-hetero) is 1. The minimum Gasteiger partial charge on any atom is -0.467 e. The first-order chi connectivity index (χ1) is 11.0. The molecule has 1 N–H and O–H groups in total. The molecule has 7 heteroatoms. The summed E-state index contributed by atoms with van der Waals surface area (Å²) in [6, 6.07) is 3.38. The third-order valence-electron chi connectivity index (χ3n) is 4.31. The van der Waals surface area contributed by atoms with E-state index in [2.05, 4.69) is 29.2 Å². The van der Waals surface area contributed by atoms with Gasteiger partial charge in [-0.05, 0) is 30.2 Å². The van der Waals surface area contributed by atoms with Crippen molar-refractivity contribution in [3.8, 4) is 0 Å². The number of nitrogens with zero attached hydrogens (tertiary/aromatic N) is 3. The molecule has 0 bridgehead atoms. The zero-order valence-corrected chi connectivity index (χ0v) is 14.1. The van der Waals surface area contributed by atoms with E-state index >= 15 is 0 Å². The van der Waals surface area contributed by atoms with Gasteiger partial charge in [0.1, 0.15) is 11.8 Å². The number of ketones is 1. The van der Waals surface area contributed by atoms with Crippen LogP contribution in [0.4, 0.5) is 5.95 Å². The molecular formula is C16H18N4O2S. The van der Waals surface area contributed by atoms with Crippen molar-refractivity contribution < 1.29 is 9.21 Å². The van der Waals surface area contributed by atoms with Gasteiger partial charge in [0.25, 0.3) is 0 Å². The van der Waals surface area contributed by atoms with Gasteiger partial charge in [0, 0.05) is 17.7 Å². The van der Waals surface area contributed by atoms with Crippen LogP contribution in [0, 0.1) is 5.41 Å². The Bertz CT molecular complexity index is 804. The molecule has 2 aromatic heterocycles. The van der Waals surface area contributed by atoms with Crippen LogP contribution >= 0.6 is 11.8 Å². The molecule has 1 atom stereocenters. The minimum absolute atomic E-state index is 0.0544. The Kier molecular flexibility index (Phi) is 3.16. The van der Waals surface area contributed by atoms with Gasteiger partial charge in [-0.3, -0.25) is 4.79 Å². The molecule has 0 radical (unpaired) electrons. The second-order valence-corrected chi connectivity index (χ2v) is 7.52. The summed E-state index contributed by atoms with van der Waals surface area (Å²) in [4.78, 5) is 17.3. The fourth-order valence-electron chi connectivity index (χ4n) is 3.39. The van der Waals surface area contributed by atoms with Gasteiger partial charge >= 0.3 is 0 Å². The lowest BCUT2D eigenvalue weighted by Crippen LogP contribution is -2.36. The number of carbonyl (C=O) groups excluding carboxylic acids is 1. The third-order valence-corrected chi connectivity index (χ3v) is 4.85. The van der Waals surface area contributed by atoms with Gasteiger partial charge in [0.05, 0.1) is 6.26 Å². The van der Waals surface area contributed by atoms with Gasteiger partial charge in [-0.25, -0.2) is 4.68 Å². The molecule has 4 rings (SSSR count). The van der Waals surface area contributed by atoms with Crippen molar-refractivity contribution in [2.75, 3.05) is 11.6 Å². The van der Waals surface area contributed by atoms with Crippen molar-refractivity contribution in [3.63, 3.8) is 0 Å². The van der Waals surface area contributed by atoms with E-state index in [9.17, 15) is 4.79 Å². The van der Waals surface area contributed by atoms with E-state index in [1.807, 2.05) is 18.4 Å². The minimum atomic E-state index is -0.340. The van der Waals surface area contributed by atoms with Gasteiger partial charge in [0.2, 0.25) is 11.1 Å². The van der Waals surface area contributed by atoms with Crippen LogP contribution < -0.4 is 5.32 Å². The van der Waals surface area contributed by atoms with E-state index in [0.29, 0.717) is 23.3 Å². The molecule has 23 heavy (non-hydrogen) atoms. The van der Waals surface area contributed by atoms with Crippen LogP contribution in [0.5, 0.6) is 0 Å². The summed E-state index contributed by atoms with van der Waals surface area (Å²) in [6.07, 6.45) is 4.91. The number of anilines is 1. The summed E-state index contributed by atoms with van der Waals surface area (Å²) < 4.78 is 7.38. The number of furan rings is 1. The lowest BCUT2D eigenvalue weighted by atomic mass is 9.73. The van der Waals surface area contributed by atoms with Crippen LogP contribution in [0.25, 0.3) is 0 Å². The number of thioether (sulfide) groups is 1. The number of hydrogen-bond acceptors (Lipinski definition) is 6. The molecule has 0 saturated heterocycles. The summed E-state index contributed by atoms with van der Waals surface area (Å²) in [5, 5.41) is 8.53. The monoisotopic (exact) mass is 330 g/mol. The number of aromatic nitrogens is 3. The Balaban J connectivity index is 1.90. The van der Waals surface area contributed by atoms with Crippen LogP contribution in [-0.4, -0.2) is 26.8 Å². The molecule has 2 aromatic rings. The first kappa shape index (κ1) is 14.6. The van der Waals surface area contributed by atoms with Crippen molar-refractivity contribution in [1.82, 2.24) is 14.8 Å². The molecule has 0 fully saturated rings. The van der Waals surface area contributed by atoms with E-state index in [4.69, 9.17) is 4.42 Å². The highest BCUT2D eigenvalue weighted by Gasteiger charge is 2.42. The fourth-order valence-corrected chi connectivity index (χ4v) is 3.73. The second-order valence-electron chi connectivity index (χ2n) is 6.74. The molecule has 1 aliphatic heterocycles. The molecule has 0 spiro atoms. The van der Waals surface area contributed by atoms with Crippen LogP contribution in [-0.2, 0) is 4.79 Å². The molecule has 120 valence electrons. The maximum Gasteiger partial charge on any atom is 0.227 e. The van der Waals surface area contributed by atoms with Crippen LogP contribution in [0.2, 0.25) is 0 Å². The number of rotatable bonds is 2. The second kappa shape index (κ2) is 4.99. The number of hydrogen-bond donors (Lipinski definition) is 1. The van der Waals surface area contributed by atoms with Gasteiger partial charge in [-0.15, -0.1) is 5.10 Å². The van der Waals surface area contributed by atoms with Crippen molar-refractivity contribution in [2.24, 2.45) is 5.41 Å². The highest BCUT2D eigenvalue weighted by molar-refractivity contribution is 7.98. The average Bonchev–Trinajstić information content (AvgIpc) is 3.12. The maximum atomic E-state index is 12.8. The summed E-state index contributed by atoms with van der Waals surface area (Å²) in [5.74, 6) is 1.53. The number of nitrogens with one attached hydrogen (secondary N) is 1. The normalized spacial score (nSPS) is 22.6. The lowest BCUT2D eigenvalue weighted by molar-refractivity contribution is -0.118. The predicted molar refractivity (Wildman–Crippen MR) is 87.3 cm³/mol. The quantitative estimate of drug-likeness (QED) is 0.852. The molecule has 1 aliphatic carbocycles. The van der Waals surface area contributed by atoms with Gasteiger partial charge < -0.3 is 9.73 Å². The summed E-state index contributed by atoms with van der Waals surface area (Å²) >= 11 is 1.48. The van der Waals surface area contributed by atoms with E-state index in [-0.39, 0.29) is 17.2 Å². The largest absolute Gasteiger partial charge is 0.467 e. The first-order valence-electron chi connectivity index (χ1n) is 7.56.